The first-order valence-electron chi connectivity index (χ1n) is 6.27. The van der Waals surface area contributed by atoms with E-state index in [0.29, 0.717) is 6.42 Å². The summed E-state index contributed by atoms with van der Waals surface area (Å²) in [7, 11) is -7.14. The van der Waals surface area contributed by atoms with Crippen molar-refractivity contribution in [2.75, 3.05) is 12.3 Å². The minimum atomic E-state index is -3.72. The lowest BCUT2D eigenvalue weighted by Crippen LogP contribution is -2.29. The summed E-state index contributed by atoms with van der Waals surface area (Å²) in [6, 6.07) is 5.24. The van der Waals surface area contributed by atoms with Crippen LogP contribution in [0.5, 0.6) is 0 Å². The number of benzene rings is 1. The van der Waals surface area contributed by atoms with Crippen molar-refractivity contribution >= 4 is 19.9 Å². The number of nitrogens with two attached hydrogens (primary N) is 1. The molecule has 8 heteroatoms. The molecule has 0 amide bonds. The van der Waals surface area contributed by atoms with Crippen molar-refractivity contribution in [1.29, 1.82) is 0 Å². The van der Waals surface area contributed by atoms with E-state index in [4.69, 9.17) is 5.73 Å². The Morgan fingerprint density at radius 2 is 1.80 bits per heavy atom. The van der Waals surface area contributed by atoms with E-state index < -0.39 is 19.9 Å². The second-order valence-corrected chi connectivity index (χ2v) is 8.59. The third-order valence-corrected chi connectivity index (χ3v) is 5.94. The van der Waals surface area contributed by atoms with E-state index in [1.165, 1.54) is 31.2 Å². The van der Waals surface area contributed by atoms with Crippen molar-refractivity contribution < 1.29 is 16.8 Å². The van der Waals surface area contributed by atoms with E-state index in [1.54, 1.807) is 6.92 Å². The Balaban J connectivity index is 3.00. The van der Waals surface area contributed by atoms with E-state index in [-0.39, 0.29) is 28.1 Å². The van der Waals surface area contributed by atoms with Crippen molar-refractivity contribution in [3.05, 3.63) is 24.3 Å². The van der Waals surface area contributed by atoms with Crippen molar-refractivity contribution in [3.63, 3.8) is 0 Å². The SMILES string of the molecule is CCS(=O)(=O)c1cccc(S(=O)(=O)NCCC(C)N)c1. The zero-order valence-electron chi connectivity index (χ0n) is 11.5. The molecule has 0 bridgehead atoms. The molecule has 6 nitrogen and oxygen atoms in total. The number of hydrogen-bond donors (Lipinski definition) is 2. The molecular formula is C12H20N2O4S2. The standard InChI is InChI=1S/C12H20N2O4S2/c1-3-19(15,16)11-5-4-6-12(9-11)20(17,18)14-8-7-10(2)13/h4-6,9-10,14H,3,7-8,13H2,1-2H3. The highest BCUT2D eigenvalue weighted by atomic mass is 32.2. The van der Waals surface area contributed by atoms with Gasteiger partial charge in [-0.1, -0.05) is 13.0 Å². The highest BCUT2D eigenvalue weighted by Crippen LogP contribution is 2.16. The summed E-state index contributed by atoms with van der Waals surface area (Å²) in [5.74, 6) is -0.0748. The molecular weight excluding hydrogens is 300 g/mol. The van der Waals surface area contributed by atoms with Gasteiger partial charge in [0.2, 0.25) is 10.0 Å². The minimum absolute atomic E-state index is 0.00932. The second kappa shape index (κ2) is 6.66. The van der Waals surface area contributed by atoms with Crippen LogP contribution in [0.2, 0.25) is 0 Å². The van der Waals surface area contributed by atoms with Gasteiger partial charge in [-0.2, -0.15) is 0 Å². The van der Waals surface area contributed by atoms with Gasteiger partial charge in [0.05, 0.1) is 15.5 Å². The molecule has 1 aromatic carbocycles. The Morgan fingerprint density at radius 1 is 1.20 bits per heavy atom. The van der Waals surface area contributed by atoms with Gasteiger partial charge in [-0.15, -0.1) is 0 Å². The van der Waals surface area contributed by atoms with Gasteiger partial charge in [-0.25, -0.2) is 21.6 Å². The van der Waals surface area contributed by atoms with Crippen LogP contribution < -0.4 is 10.5 Å². The lowest BCUT2D eigenvalue weighted by Gasteiger charge is -2.09. The van der Waals surface area contributed by atoms with E-state index in [2.05, 4.69) is 4.72 Å². The average Bonchev–Trinajstić information content (AvgIpc) is 2.38. The van der Waals surface area contributed by atoms with Crippen LogP contribution >= 0.6 is 0 Å². The maximum absolute atomic E-state index is 12.0. The van der Waals surface area contributed by atoms with Crippen LogP contribution in [0, 0.1) is 0 Å². The van der Waals surface area contributed by atoms with Crippen LogP contribution in [0.4, 0.5) is 0 Å². The summed E-state index contributed by atoms with van der Waals surface area (Å²) in [5, 5.41) is 0. The predicted octanol–water partition coefficient (Wildman–Crippen LogP) is 0.496. The summed E-state index contributed by atoms with van der Waals surface area (Å²) < 4.78 is 50.0. The third-order valence-electron chi connectivity index (χ3n) is 2.75. The lowest BCUT2D eigenvalue weighted by molar-refractivity contribution is 0.571. The molecule has 0 radical (unpaired) electrons. The van der Waals surface area contributed by atoms with Crippen LogP contribution in [0.1, 0.15) is 20.3 Å². The van der Waals surface area contributed by atoms with E-state index in [0.717, 1.165) is 0 Å². The fraction of sp³-hybridized carbons (Fsp3) is 0.500. The molecule has 3 N–H and O–H groups in total. The molecule has 0 aromatic heterocycles. The first-order chi connectivity index (χ1) is 9.19. The molecule has 20 heavy (non-hydrogen) atoms. The quantitative estimate of drug-likeness (QED) is 0.760. The van der Waals surface area contributed by atoms with Crippen LogP contribution in [-0.2, 0) is 19.9 Å². The Morgan fingerprint density at radius 3 is 2.35 bits per heavy atom. The Bertz CT molecular complexity index is 652. The summed E-state index contributed by atoms with van der Waals surface area (Å²) in [4.78, 5) is -0.0493. The number of sulfonamides is 1. The highest BCUT2D eigenvalue weighted by Gasteiger charge is 2.18. The van der Waals surface area contributed by atoms with E-state index in [9.17, 15) is 16.8 Å². The normalized spacial score (nSPS) is 14.2. The zero-order chi connectivity index (χ0) is 15.4. The fourth-order valence-corrected chi connectivity index (χ4v) is 3.60. The van der Waals surface area contributed by atoms with Gasteiger partial charge in [-0.3, -0.25) is 0 Å². The van der Waals surface area contributed by atoms with Crippen LogP contribution in [-0.4, -0.2) is 35.2 Å². The summed E-state index contributed by atoms with van der Waals surface area (Å²) in [6.45, 7) is 3.50. The molecule has 1 rings (SSSR count). The molecule has 0 heterocycles. The molecule has 0 saturated heterocycles. The molecule has 0 saturated carbocycles. The molecule has 0 aliphatic rings. The molecule has 0 aliphatic carbocycles. The molecule has 0 spiro atoms. The van der Waals surface area contributed by atoms with Crippen LogP contribution in [0.3, 0.4) is 0 Å². The number of rotatable bonds is 7. The lowest BCUT2D eigenvalue weighted by atomic mass is 10.3. The predicted molar refractivity (Wildman–Crippen MR) is 77.6 cm³/mol. The van der Waals surface area contributed by atoms with Gasteiger partial charge in [0.1, 0.15) is 0 Å². The highest BCUT2D eigenvalue weighted by molar-refractivity contribution is 7.91. The molecule has 1 unspecified atom stereocenters. The van der Waals surface area contributed by atoms with Crippen molar-refractivity contribution in [2.45, 2.75) is 36.1 Å². The second-order valence-electron chi connectivity index (χ2n) is 4.54. The van der Waals surface area contributed by atoms with Gasteiger partial charge in [0, 0.05) is 12.6 Å². The maximum atomic E-state index is 12.0. The monoisotopic (exact) mass is 320 g/mol. The number of nitrogens with one attached hydrogen (secondary N) is 1. The van der Waals surface area contributed by atoms with Crippen molar-refractivity contribution in [2.24, 2.45) is 5.73 Å². The number of hydrogen-bond acceptors (Lipinski definition) is 5. The van der Waals surface area contributed by atoms with Crippen molar-refractivity contribution in [1.82, 2.24) is 4.72 Å². The van der Waals surface area contributed by atoms with Gasteiger partial charge in [0.25, 0.3) is 0 Å². The van der Waals surface area contributed by atoms with Gasteiger partial charge in [-0.05, 0) is 31.5 Å². The van der Waals surface area contributed by atoms with E-state index in [1.807, 2.05) is 0 Å². The first kappa shape index (κ1) is 17.1. The number of sulfone groups is 1. The van der Waals surface area contributed by atoms with Gasteiger partial charge >= 0.3 is 0 Å². The maximum Gasteiger partial charge on any atom is 0.240 e. The summed E-state index contributed by atoms with van der Waals surface area (Å²) in [6.07, 6.45) is 0.506. The molecule has 1 aromatic rings. The Labute approximate surface area is 120 Å². The molecule has 114 valence electrons. The first-order valence-corrected chi connectivity index (χ1v) is 9.40. The summed E-state index contributed by atoms with van der Waals surface area (Å²) in [5.41, 5.74) is 5.55. The van der Waals surface area contributed by atoms with Crippen LogP contribution in [0.15, 0.2) is 34.1 Å². The van der Waals surface area contributed by atoms with Gasteiger partial charge < -0.3 is 5.73 Å². The minimum Gasteiger partial charge on any atom is -0.328 e. The average molecular weight is 320 g/mol. The largest absolute Gasteiger partial charge is 0.328 e. The molecule has 0 fully saturated rings. The van der Waals surface area contributed by atoms with E-state index >= 15 is 0 Å². The third kappa shape index (κ3) is 4.55. The topological polar surface area (TPSA) is 106 Å². The zero-order valence-corrected chi connectivity index (χ0v) is 13.2. The fourth-order valence-electron chi connectivity index (χ4n) is 1.51. The molecule has 1 atom stereocenters. The van der Waals surface area contributed by atoms with Crippen LogP contribution in [0.25, 0.3) is 0 Å². The Hall–Kier alpha value is -0.960. The summed E-state index contributed by atoms with van der Waals surface area (Å²) >= 11 is 0. The van der Waals surface area contributed by atoms with Crippen molar-refractivity contribution in [3.8, 4) is 0 Å². The molecule has 0 aliphatic heterocycles. The van der Waals surface area contributed by atoms with Gasteiger partial charge in [0.15, 0.2) is 9.84 Å². The Kier molecular flexibility index (Phi) is 5.69. The smallest absolute Gasteiger partial charge is 0.240 e.